The summed E-state index contributed by atoms with van der Waals surface area (Å²) in [5, 5.41) is 0. The monoisotopic (exact) mass is 311 g/mol. The van der Waals surface area contributed by atoms with Crippen LogP contribution in [-0.4, -0.2) is 22.6 Å². The fraction of sp³-hybridized carbons (Fsp3) is 0.714. The molecular formula is C14H22BrN3. The molecule has 1 aliphatic carbocycles. The van der Waals surface area contributed by atoms with E-state index in [9.17, 15) is 0 Å². The fourth-order valence-corrected chi connectivity index (χ4v) is 2.36. The highest BCUT2D eigenvalue weighted by Crippen LogP contribution is 2.32. The maximum Gasteiger partial charge on any atom is 0.134 e. The zero-order chi connectivity index (χ0) is 13.3. The number of anilines is 1. The van der Waals surface area contributed by atoms with Gasteiger partial charge in [-0.15, -0.1) is 0 Å². The van der Waals surface area contributed by atoms with Crippen molar-refractivity contribution in [1.82, 2.24) is 9.97 Å². The van der Waals surface area contributed by atoms with E-state index in [0.29, 0.717) is 12.0 Å². The van der Waals surface area contributed by atoms with Gasteiger partial charge < -0.3 is 4.90 Å². The minimum atomic E-state index is 0.358. The Kier molecular flexibility index (Phi) is 4.25. The molecule has 0 spiro atoms. The van der Waals surface area contributed by atoms with Gasteiger partial charge in [-0.25, -0.2) is 9.97 Å². The Hall–Kier alpha value is -0.640. The number of halogens is 1. The first-order chi connectivity index (χ1) is 8.47. The molecule has 0 aromatic carbocycles. The number of aromatic nitrogens is 2. The van der Waals surface area contributed by atoms with E-state index in [1.54, 1.807) is 0 Å². The van der Waals surface area contributed by atoms with Crippen LogP contribution in [0.15, 0.2) is 10.7 Å². The molecule has 0 N–H and O–H groups in total. The Morgan fingerprint density at radius 2 is 1.94 bits per heavy atom. The van der Waals surface area contributed by atoms with Gasteiger partial charge in [0.15, 0.2) is 0 Å². The van der Waals surface area contributed by atoms with Gasteiger partial charge in [-0.2, -0.15) is 0 Å². The quantitative estimate of drug-likeness (QED) is 0.770. The number of hydrogen-bond donors (Lipinski definition) is 0. The Bertz CT molecular complexity index is 414. The topological polar surface area (TPSA) is 29.0 Å². The lowest BCUT2D eigenvalue weighted by Crippen LogP contribution is -2.33. The maximum absolute atomic E-state index is 4.72. The highest BCUT2D eigenvalue weighted by Gasteiger charge is 2.26. The van der Waals surface area contributed by atoms with E-state index >= 15 is 0 Å². The molecule has 0 bridgehead atoms. The second-order valence-corrected chi connectivity index (χ2v) is 6.56. The summed E-state index contributed by atoms with van der Waals surface area (Å²) in [5.41, 5.74) is 0. The van der Waals surface area contributed by atoms with Crippen LogP contribution in [0.25, 0.3) is 0 Å². The summed E-state index contributed by atoms with van der Waals surface area (Å²) < 4.78 is 0.887. The molecule has 18 heavy (non-hydrogen) atoms. The minimum absolute atomic E-state index is 0.358. The van der Waals surface area contributed by atoms with Crippen molar-refractivity contribution in [2.45, 2.75) is 52.5 Å². The van der Waals surface area contributed by atoms with Crippen LogP contribution in [0.3, 0.4) is 0 Å². The van der Waals surface area contributed by atoms with Crippen molar-refractivity contribution in [3.05, 3.63) is 16.5 Å². The first kappa shape index (κ1) is 13.8. The Labute approximate surface area is 118 Å². The van der Waals surface area contributed by atoms with Crippen molar-refractivity contribution in [3.8, 4) is 0 Å². The lowest BCUT2D eigenvalue weighted by molar-refractivity contribution is 0.629. The van der Waals surface area contributed by atoms with Gasteiger partial charge in [-0.3, -0.25) is 0 Å². The van der Waals surface area contributed by atoms with Gasteiger partial charge in [0.25, 0.3) is 0 Å². The van der Waals surface area contributed by atoms with E-state index in [-0.39, 0.29) is 0 Å². The molecule has 4 heteroatoms. The van der Waals surface area contributed by atoms with Crippen LogP contribution in [0.1, 0.15) is 52.3 Å². The maximum atomic E-state index is 4.72. The normalized spacial score (nSPS) is 15.5. The first-order valence-corrected chi connectivity index (χ1v) is 7.57. The van der Waals surface area contributed by atoms with Crippen molar-refractivity contribution in [3.63, 3.8) is 0 Å². The third-order valence-corrected chi connectivity index (χ3v) is 3.69. The van der Waals surface area contributed by atoms with Crippen LogP contribution in [-0.2, 0) is 0 Å². The molecule has 0 atom stereocenters. The van der Waals surface area contributed by atoms with Gasteiger partial charge in [0.1, 0.15) is 16.2 Å². The van der Waals surface area contributed by atoms with E-state index in [4.69, 9.17) is 4.98 Å². The Morgan fingerprint density at radius 1 is 1.28 bits per heavy atom. The average molecular weight is 312 g/mol. The van der Waals surface area contributed by atoms with E-state index in [2.05, 4.69) is 53.5 Å². The van der Waals surface area contributed by atoms with Gasteiger partial charge in [-0.05, 0) is 48.5 Å². The smallest absolute Gasteiger partial charge is 0.134 e. The van der Waals surface area contributed by atoms with Crippen LogP contribution in [0.2, 0.25) is 0 Å². The number of nitrogens with zero attached hydrogens (tertiary/aromatic N) is 3. The van der Waals surface area contributed by atoms with Gasteiger partial charge in [0.2, 0.25) is 0 Å². The predicted molar refractivity (Wildman–Crippen MR) is 79.0 cm³/mol. The summed E-state index contributed by atoms with van der Waals surface area (Å²) in [5.74, 6) is 3.20. The summed E-state index contributed by atoms with van der Waals surface area (Å²) in [4.78, 5) is 11.6. The van der Waals surface area contributed by atoms with E-state index < -0.39 is 0 Å². The van der Waals surface area contributed by atoms with Crippen molar-refractivity contribution < 1.29 is 0 Å². The molecular weight excluding hydrogens is 290 g/mol. The molecule has 0 amide bonds. The fourth-order valence-electron chi connectivity index (χ4n) is 1.98. The third kappa shape index (κ3) is 3.44. The van der Waals surface area contributed by atoms with Crippen LogP contribution >= 0.6 is 15.9 Å². The second kappa shape index (κ2) is 5.55. The van der Waals surface area contributed by atoms with Gasteiger partial charge in [-0.1, -0.05) is 13.8 Å². The summed E-state index contributed by atoms with van der Waals surface area (Å²) in [6.07, 6.45) is 2.74. The summed E-state index contributed by atoms with van der Waals surface area (Å²) in [7, 11) is 0. The first-order valence-electron chi connectivity index (χ1n) is 6.78. The van der Waals surface area contributed by atoms with Gasteiger partial charge in [0.05, 0.1) is 0 Å². The van der Waals surface area contributed by atoms with E-state index in [1.165, 1.54) is 12.8 Å². The molecule has 100 valence electrons. The Morgan fingerprint density at radius 3 is 2.44 bits per heavy atom. The summed E-state index contributed by atoms with van der Waals surface area (Å²) in [6, 6.07) is 2.52. The molecule has 2 rings (SSSR count). The molecule has 1 saturated carbocycles. The lowest BCUT2D eigenvalue weighted by atomic mass is 10.2. The molecule has 0 unspecified atom stereocenters. The molecule has 3 nitrogen and oxygen atoms in total. The van der Waals surface area contributed by atoms with Crippen LogP contribution in [0, 0.1) is 5.92 Å². The van der Waals surface area contributed by atoms with Crippen molar-refractivity contribution in [2.75, 3.05) is 11.4 Å². The molecule has 1 aromatic heterocycles. The highest BCUT2D eigenvalue weighted by atomic mass is 79.9. The summed E-state index contributed by atoms with van der Waals surface area (Å²) in [6.45, 7) is 9.85. The average Bonchev–Trinajstić information content (AvgIpc) is 3.08. The highest BCUT2D eigenvalue weighted by molar-refractivity contribution is 9.10. The van der Waals surface area contributed by atoms with E-state index in [0.717, 1.165) is 28.7 Å². The van der Waals surface area contributed by atoms with Crippen molar-refractivity contribution in [2.24, 2.45) is 5.92 Å². The number of hydrogen-bond acceptors (Lipinski definition) is 3. The molecule has 1 aromatic rings. The molecule has 1 heterocycles. The third-order valence-electron chi connectivity index (χ3n) is 3.28. The largest absolute Gasteiger partial charge is 0.354 e. The summed E-state index contributed by atoms with van der Waals surface area (Å²) >= 11 is 3.50. The Balaban J connectivity index is 2.27. The molecule has 1 aliphatic rings. The lowest BCUT2D eigenvalue weighted by Gasteiger charge is -2.28. The molecule has 0 radical (unpaired) electrons. The van der Waals surface area contributed by atoms with Gasteiger partial charge in [0, 0.05) is 24.6 Å². The predicted octanol–water partition coefficient (Wildman–Crippen LogP) is 3.99. The van der Waals surface area contributed by atoms with Crippen molar-refractivity contribution in [1.29, 1.82) is 0 Å². The molecule has 0 saturated heterocycles. The molecule has 1 fully saturated rings. The van der Waals surface area contributed by atoms with Gasteiger partial charge >= 0.3 is 0 Å². The van der Waals surface area contributed by atoms with Crippen LogP contribution in [0.4, 0.5) is 5.82 Å². The van der Waals surface area contributed by atoms with Crippen LogP contribution < -0.4 is 4.90 Å². The standard InChI is InChI=1S/C14H22BrN3/c1-9(2)14-16-12(15)7-13(17-14)18(10(3)4)8-11-5-6-11/h7,9-11H,5-6,8H2,1-4H3. The van der Waals surface area contributed by atoms with Crippen molar-refractivity contribution >= 4 is 21.7 Å². The second-order valence-electron chi connectivity index (χ2n) is 5.75. The molecule has 0 aliphatic heterocycles. The zero-order valence-corrected chi connectivity index (χ0v) is 13.2. The zero-order valence-electron chi connectivity index (χ0n) is 11.7. The SMILES string of the molecule is CC(C)c1nc(Br)cc(N(CC2CC2)C(C)C)n1. The number of rotatable bonds is 5. The van der Waals surface area contributed by atoms with Crippen LogP contribution in [0.5, 0.6) is 0 Å². The van der Waals surface area contributed by atoms with E-state index in [1.807, 2.05) is 6.07 Å². The minimum Gasteiger partial charge on any atom is -0.354 e.